The summed E-state index contributed by atoms with van der Waals surface area (Å²) >= 11 is 0. The van der Waals surface area contributed by atoms with E-state index in [0.29, 0.717) is 18.6 Å². The van der Waals surface area contributed by atoms with Crippen molar-refractivity contribution in [2.45, 2.75) is 51.7 Å². The molecule has 0 spiro atoms. The lowest BCUT2D eigenvalue weighted by molar-refractivity contribution is 0.282. The largest absolute Gasteiger partial charge is 0.417 e. The predicted molar refractivity (Wildman–Crippen MR) is 79.2 cm³/mol. The van der Waals surface area contributed by atoms with Gasteiger partial charge in [-0.1, -0.05) is 20.8 Å². The van der Waals surface area contributed by atoms with Crippen LogP contribution in [0.4, 0.5) is 0 Å². The molecule has 5 nitrogen and oxygen atoms in total. The Hall–Kier alpha value is -1.14. The molecule has 108 valence electrons. The van der Waals surface area contributed by atoms with Crippen LogP contribution in [-0.4, -0.2) is 24.9 Å². The lowest BCUT2D eigenvalue weighted by atomic mass is 10.2. The Morgan fingerprint density at radius 3 is 2.42 bits per heavy atom. The van der Waals surface area contributed by atoms with Crippen molar-refractivity contribution in [2.75, 3.05) is 6.61 Å². The zero-order chi connectivity index (χ0) is 14.7. The Kier molecular flexibility index (Phi) is 4.92. The van der Waals surface area contributed by atoms with Gasteiger partial charge >= 0.3 is 5.69 Å². The zero-order valence-corrected chi connectivity index (χ0v) is 13.4. The molecular formula is C13H24N2O3Si. The molecule has 0 aliphatic carbocycles. The van der Waals surface area contributed by atoms with Gasteiger partial charge in [0.2, 0.25) is 0 Å². The molecule has 0 fully saturated rings. The van der Waals surface area contributed by atoms with Gasteiger partial charge in [-0.05, 0) is 31.0 Å². The molecule has 0 bridgehead atoms. The maximum absolute atomic E-state index is 11.5. The Bertz CT molecular complexity index is 526. The molecule has 0 unspecified atom stereocenters. The minimum atomic E-state index is -1.71. The van der Waals surface area contributed by atoms with E-state index in [1.807, 2.05) is 0 Å². The number of H-pyrrole nitrogens is 2. The fourth-order valence-corrected chi connectivity index (χ4v) is 2.52. The lowest BCUT2D eigenvalue weighted by Crippen LogP contribution is -2.41. The third-order valence-electron chi connectivity index (χ3n) is 3.76. The number of aromatic amines is 2. The van der Waals surface area contributed by atoms with Crippen LogP contribution in [0.15, 0.2) is 15.8 Å². The highest BCUT2D eigenvalue weighted by molar-refractivity contribution is 6.74. The van der Waals surface area contributed by atoms with Crippen molar-refractivity contribution in [3.8, 4) is 0 Å². The van der Waals surface area contributed by atoms with Crippen LogP contribution in [-0.2, 0) is 10.8 Å². The van der Waals surface area contributed by atoms with Gasteiger partial charge in [-0.15, -0.1) is 0 Å². The van der Waals surface area contributed by atoms with E-state index in [1.54, 1.807) is 0 Å². The van der Waals surface area contributed by atoms with Crippen molar-refractivity contribution < 1.29 is 4.43 Å². The van der Waals surface area contributed by atoms with Crippen molar-refractivity contribution in [2.24, 2.45) is 0 Å². The van der Waals surface area contributed by atoms with Crippen molar-refractivity contribution >= 4 is 8.32 Å². The van der Waals surface area contributed by atoms with E-state index < -0.39 is 14.0 Å². The monoisotopic (exact) mass is 284 g/mol. The quantitative estimate of drug-likeness (QED) is 0.641. The first-order valence-electron chi connectivity index (χ1n) is 6.58. The van der Waals surface area contributed by atoms with Crippen molar-refractivity contribution in [3.63, 3.8) is 0 Å². The standard InChI is InChI=1S/C13H24N2O3Si/c1-13(2,3)19(4,5)18-8-6-7-10-9-14-12(17)15-11(10)16/h9H,6-8H2,1-5H3,(H2,14,15,16,17). The van der Waals surface area contributed by atoms with Gasteiger partial charge in [-0.3, -0.25) is 9.78 Å². The molecule has 0 aromatic carbocycles. The number of hydrogen-bond donors (Lipinski definition) is 2. The number of hydrogen-bond acceptors (Lipinski definition) is 3. The summed E-state index contributed by atoms with van der Waals surface area (Å²) < 4.78 is 6.03. The molecule has 6 heteroatoms. The molecule has 0 amide bonds. The molecule has 0 aliphatic heterocycles. The smallest absolute Gasteiger partial charge is 0.325 e. The zero-order valence-electron chi connectivity index (χ0n) is 12.4. The highest BCUT2D eigenvalue weighted by Crippen LogP contribution is 2.36. The highest BCUT2D eigenvalue weighted by atomic mass is 28.4. The SMILES string of the molecule is CC(C)(C)[Si](C)(C)OCCCc1c[nH]c(=O)[nH]c1=O. The number of aromatic nitrogens is 2. The number of nitrogens with one attached hydrogen (secondary N) is 2. The van der Waals surface area contributed by atoms with E-state index in [2.05, 4.69) is 43.8 Å². The fourth-order valence-electron chi connectivity index (χ4n) is 1.43. The Labute approximate surface area is 114 Å². The van der Waals surface area contributed by atoms with Gasteiger partial charge < -0.3 is 9.41 Å². The van der Waals surface area contributed by atoms with E-state index in [-0.39, 0.29) is 10.6 Å². The fraction of sp³-hybridized carbons (Fsp3) is 0.692. The molecule has 1 heterocycles. The van der Waals surface area contributed by atoms with Gasteiger partial charge in [0, 0.05) is 18.4 Å². The summed E-state index contributed by atoms with van der Waals surface area (Å²) in [5.41, 5.74) is -0.180. The van der Waals surface area contributed by atoms with Gasteiger partial charge in [0.15, 0.2) is 8.32 Å². The van der Waals surface area contributed by atoms with Gasteiger partial charge in [0.05, 0.1) is 0 Å². The van der Waals surface area contributed by atoms with Crippen LogP contribution in [0.25, 0.3) is 0 Å². The second-order valence-electron chi connectivity index (χ2n) is 6.31. The first-order chi connectivity index (χ1) is 8.63. The highest BCUT2D eigenvalue weighted by Gasteiger charge is 2.36. The van der Waals surface area contributed by atoms with Gasteiger partial charge in [-0.25, -0.2) is 4.79 Å². The Morgan fingerprint density at radius 1 is 1.26 bits per heavy atom. The third kappa shape index (κ3) is 4.47. The average molecular weight is 284 g/mol. The first-order valence-corrected chi connectivity index (χ1v) is 9.49. The Morgan fingerprint density at radius 2 is 1.89 bits per heavy atom. The van der Waals surface area contributed by atoms with Gasteiger partial charge in [0.1, 0.15) is 0 Å². The number of rotatable bonds is 5. The summed E-state index contributed by atoms with van der Waals surface area (Å²) in [5, 5.41) is 0.197. The second-order valence-corrected chi connectivity index (χ2v) is 11.1. The van der Waals surface area contributed by atoms with E-state index in [0.717, 1.165) is 6.42 Å². The first kappa shape index (κ1) is 15.9. The molecule has 0 saturated carbocycles. The van der Waals surface area contributed by atoms with Crippen molar-refractivity contribution in [1.82, 2.24) is 9.97 Å². The summed E-state index contributed by atoms with van der Waals surface area (Å²) in [6, 6.07) is 0. The molecule has 1 aromatic rings. The second kappa shape index (κ2) is 5.88. The molecule has 1 rings (SSSR count). The minimum absolute atomic E-state index is 0.197. The number of aryl methyl sites for hydroxylation is 1. The Balaban J connectivity index is 2.48. The summed E-state index contributed by atoms with van der Waals surface area (Å²) in [4.78, 5) is 27.1. The summed E-state index contributed by atoms with van der Waals surface area (Å²) in [6.07, 6.45) is 2.87. The molecule has 1 aromatic heterocycles. The van der Waals surface area contributed by atoms with E-state index >= 15 is 0 Å². The normalized spacial score (nSPS) is 12.7. The maximum atomic E-state index is 11.5. The van der Waals surface area contributed by atoms with E-state index in [9.17, 15) is 9.59 Å². The molecule has 19 heavy (non-hydrogen) atoms. The van der Waals surface area contributed by atoms with Crippen LogP contribution >= 0.6 is 0 Å². The van der Waals surface area contributed by atoms with E-state index in [1.165, 1.54) is 6.20 Å². The molecular weight excluding hydrogens is 260 g/mol. The average Bonchev–Trinajstić information content (AvgIpc) is 2.25. The summed E-state index contributed by atoms with van der Waals surface area (Å²) in [6.45, 7) is 11.7. The van der Waals surface area contributed by atoms with Crippen LogP contribution in [0, 0.1) is 0 Å². The van der Waals surface area contributed by atoms with Crippen LogP contribution < -0.4 is 11.2 Å². The molecule has 0 aliphatic rings. The minimum Gasteiger partial charge on any atom is -0.417 e. The van der Waals surface area contributed by atoms with Gasteiger partial charge in [-0.2, -0.15) is 0 Å². The van der Waals surface area contributed by atoms with Gasteiger partial charge in [0.25, 0.3) is 5.56 Å². The van der Waals surface area contributed by atoms with Crippen LogP contribution in [0.5, 0.6) is 0 Å². The molecule has 0 atom stereocenters. The molecule has 2 N–H and O–H groups in total. The summed E-state index contributed by atoms with van der Waals surface area (Å²) in [5.74, 6) is 0. The van der Waals surface area contributed by atoms with Crippen molar-refractivity contribution in [3.05, 3.63) is 32.6 Å². The van der Waals surface area contributed by atoms with Crippen LogP contribution in [0.1, 0.15) is 32.8 Å². The third-order valence-corrected chi connectivity index (χ3v) is 8.29. The lowest BCUT2D eigenvalue weighted by Gasteiger charge is -2.36. The predicted octanol–water partition coefficient (Wildman–Crippen LogP) is 2.02. The van der Waals surface area contributed by atoms with Crippen LogP contribution in [0.2, 0.25) is 18.1 Å². The van der Waals surface area contributed by atoms with Crippen LogP contribution in [0.3, 0.4) is 0 Å². The molecule has 0 saturated heterocycles. The van der Waals surface area contributed by atoms with E-state index in [4.69, 9.17) is 4.43 Å². The summed E-state index contributed by atoms with van der Waals surface area (Å²) in [7, 11) is -1.71. The molecule has 0 radical (unpaired) electrons. The topological polar surface area (TPSA) is 75.0 Å². The maximum Gasteiger partial charge on any atom is 0.325 e. The van der Waals surface area contributed by atoms with Crippen molar-refractivity contribution in [1.29, 1.82) is 0 Å².